The van der Waals surface area contributed by atoms with E-state index in [0.29, 0.717) is 24.7 Å². The zero-order valence-corrected chi connectivity index (χ0v) is 14.8. The number of hydrogen-bond acceptors (Lipinski definition) is 2. The number of halogens is 1. The zero-order valence-electron chi connectivity index (χ0n) is 14.1. The van der Waals surface area contributed by atoms with Crippen LogP contribution in [-0.2, 0) is 13.0 Å². The van der Waals surface area contributed by atoms with Gasteiger partial charge in [-0.25, -0.2) is 9.78 Å². The van der Waals surface area contributed by atoms with Crippen molar-refractivity contribution < 1.29 is 9.90 Å². The lowest BCUT2D eigenvalue weighted by Crippen LogP contribution is -2.34. The fraction of sp³-hybridized carbons (Fsp3) is 0.263. The number of benzene rings is 1. The molecule has 0 aliphatic carbocycles. The molecule has 1 aliphatic heterocycles. The molecule has 1 aromatic carbocycles. The van der Waals surface area contributed by atoms with Gasteiger partial charge in [-0.15, -0.1) is 0 Å². The number of aromatic nitrogens is 2. The molecule has 0 unspecified atom stereocenters. The van der Waals surface area contributed by atoms with E-state index >= 15 is 0 Å². The molecule has 2 N–H and O–H groups in total. The number of aryl methyl sites for hydroxylation is 2. The first-order chi connectivity index (χ1) is 12.0. The van der Waals surface area contributed by atoms with E-state index in [9.17, 15) is 9.90 Å². The van der Waals surface area contributed by atoms with Crippen molar-refractivity contribution >= 4 is 28.6 Å². The van der Waals surface area contributed by atoms with Crippen molar-refractivity contribution in [2.75, 3.05) is 6.54 Å². The van der Waals surface area contributed by atoms with Gasteiger partial charge < -0.3 is 15.0 Å². The second-order valence-electron chi connectivity index (χ2n) is 6.49. The van der Waals surface area contributed by atoms with E-state index in [4.69, 9.17) is 11.6 Å². The van der Waals surface area contributed by atoms with Crippen LogP contribution in [0.2, 0.25) is 5.15 Å². The second kappa shape index (κ2) is 5.77. The molecule has 0 fully saturated rings. The van der Waals surface area contributed by atoms with Gasteiger partial charge >= 0.3 is 6.09 Å². The Morgan fingerprint density at radius 3 is 2.88 bits per heavy atom. The van der Waals surface area contributed by atoms with E-state index in [0.717, 1.165) is 38.9 Å². The van der Waals surface area contributed by atoms with Crippen molar-refractivity contribution in [3.8, 4) is 11.1 Å². The first kappa shape index (κ1) is 16.0. The molecule has 0 spiro atoms. The predicted octanol–water partition coefficient (Wildman–Crippen LogP) is 4.54. The summed E-state index contributed by atoms with van der Waals surface area (Å²) in [6.07, 6.45) is 1.65. The van der Waals surface area contributed by atoms with Gasteiger partial charge in [0.2, 0.25) is 0 Å². The van der Waals surface area contributed by atoms with Gasteiger partial charge in [0.1, 0.15) is 0 Å². The third-order valence-corrected chi connectivity index (χ3v) is 5.40. The summed E-state index contributed by atoms with van der Waals surface area (Å²) < 4.78 is 0. The van der Waals surface area contributed by atoms with E-state index in [2.05, 4.69) is 23.0 Å². The van der Waals surface area contributed by atoms with Crippen LogP contribution in [0.25, 0.3) is 22.0 Å². The molecule has 2 aromatic heterocycles. The summed E-state index contributed by atoms with van der Waals surface area (Å²) in [4.78, 5) is 20.4. The van der Waals surface area contributed by atoms with Crippen molar-refractivity contribution in [2.24, 2.45) is 0 Å². The number of nitrogens with zero attached hydrogens (tertiary/aromatic N) is 2. The van der Waals surface area contributed by atoms with Crippen LogP contribution in [0.4, 0.5) is 4.79 Å². The number of carboxylic acid groups (broad SMARTS) is 1. The van der Waals surface area contributed by atoms with E-state index in [-0.39, 0.29) is 0 Å². The maximum absolute atomic E-state index is 11.3. The number of pyridine rings is 1. The molecule has 4 rings (SSSR count). The topological polar surface area (TPSA) is 69.2 Å². The number of aromatic amines is 1. The Bertz CT molecular complexity index is 1010. The molecule has 0 atom stereocenters. The molecule has 0 saturated heterocycles. The number of hydrogen-bond donors (Lipinski definition) is 2. The maximum atomic E-state index is 11.3. The van der Waals surface area contributed by atoms with Crippen LogP contribution >= 0.6 is 11.6 Å². The minimum atomic E-state index is -0.872. The number of H-pyrrole nitrogens is 1. The lowest BCUT2D eigenvalue weighted by atomic mass is 9.89. The Morgan fingerprint density at radius 1 is 1.32 bits per heavy atom. The molecule has 0 bridgehead atoms. The number of carbonyl (C=O) groups is 1. The fourth-order valence-electron chi connectivity index (χ4n) is 3.69. The maximum Gasteiger partial charge on any atom is 0.407 e. The second-order valence-corrected chi connectivity index (χ2v) is 6.84. The van der Waals surface area contributed by atoms with E-state index in [1.807, 2.05) is 25.3 Å². The van der Waals surface area contributed by atoms with Crippen molar-refractivity contribution in [2.45, 2.75) is 26.8 Å². The Balaban J connectivity index is 1.93. The fourth-order valence-corrected chi connectivity index (χ4v) is 3.88. The minimum Gasteiger partial charge on any atom is -0.465 e. The van der Waals surface area contributed by atoms with Crippen molar-refractivity contribution in [1.29, 1.82) is 0 Å². The van der Waals surface area contributed by atoms with Gasteiger partial charge in [0, 0.05) is 35.9 Å². The van der Waals surface area contributed by atoms with Gasteiger partial charge in [0.05, 0.1) is 5.52 Å². The molecule has 0 saturated carbocycles. The Labute approximate surface area is 150 Å². The number of amides is 1. The minimum absolute atomic E-state index is 0.424. The lowest BCUT2D eigenvalue weighted by molar-refractivity contribution is 0.140. The van der Waals surface area contributed by atoms with E-state index in [1.165, 1.54) is 10.5 Å². The number of fused-ring (bicyclic) bond motifs is 2. The van der Waals surface area contributed by atoms with Crippen LogP contribution < -0.4 is 0 Å². The molecule has 3 heterocycles. The van der Waals surface area contributed by atoms with Gasteiger partial charge in [0.25, 0.3) is 0 Å². The Hall–Kier alpha value is -2.53. The van der Waals surface area contributed by atoms with Gasteiger partial charge in [-0.2, -0.15) is 0 Å². The summed E-state index contributed by atoms with van der Waals surface area (Å²) in [5.74, 6) is 0. The summed E-state index contributed by atoms with van der Waals surface area (Å²) in [7, 11) is 0. The largest absolute Gasteiger partial charge is 0.465 e. The monoisotopic (exact) mass is 355 g/mol. The SMILES string of the molecule is Cc1[nH]c2c(Cl)ncc(-c3cccc4c3CCN(C(=O)O)C4)c2c1C. The molecule has 1 amide bonds. The Morgan fingerprint density at radius 2 is 2.12 bits per heavy atom. The molecule has 3 aromatic rings. The van der Waals surface area contributed by atoms with Gasteiger partial charge in [0.15, 0.2) is 5.15 Å². The zero-order chi connectivity index (χ0) is 17.7. The summed E-state index contributed by atoms with van der Waals surface area (Å²) in [6.45, 7) is 5.04. The molecule has 6 heteroatoms. The predicted molar refractivity (Wildman–Crippen MR) is 98.2 cm³/mol. The van der Waals surface area contributed by atoms with Crippen molar-refractivity contribution in [1.82, 2.24) is 14.9 Å². The highest BCUT2D eigenvalue weighted by molar-refractivity contribution is 6.34. The van der Waals surface area contributed by atoms with E-state index in [1.54, 1.807) is 0 Å². The third kappa shape index (κ3) is 2.46. The summed E-state index contributed by atoms with van der Waals surface area (Å²) in [6, 6.07) is 6.07. The van der Waals surface area contributed by atoms with Crippen LogP contribution in [0.1, 0.15) is 22.4 Å². The molecule has 1 aliphatic rings. The summed E-state index contributed by atoms with van der Waals surface area (Å²) in [5, 5.41) is 10.8. The quantitative estimate of drug-likeness (QED) is 0.630. The van der Waals surface area contributed by atoms with Gasteiger partial charge in [-0.3, -0.25) is 0 Å². The standard InChI is InChI=1S/C19H18ClN3O2/c1-10-11(2)22-17-16(10)15(8-21-18(17)20)14-5-3-4-12-9-23(19(24)25)7-6-13(12)14/h3-5,8,22H,6-7,9H2,1-2H3,(H,24,25). The van der Waals surface area contributed by atoms with Crippen LogP contribution in [-0.4, -0.2) is 32.6 Å². The molecular weight excluding hydrogens is 338 g/mol. The lowest BCUT2D eigenvalue weighted by Gasteiger charge is -2.28. The Kier molecular flexibility index (Phi) is 3.69. The summed E-state index contributed by atoms with van der Waals surface area (Å²) in [5.41, 5.74) is 7.50. The van der Waals surface area contributed by atoms with Crippen molar-refractivity contribution in [3.63, 3.8) is 0 Å². The molecular formula is C19H18ClN3O2. The highest BCUT2D eigenvalue weighted by Crippen LogP contribution is 2.38. The van der Waals surface area contributed by atoms with Gasteiger partial charge in [-0.05, 0) is 42.5 Å². The normalized spacial score (nSPS) is 14.0. The van der Waals surface area contributed by atoms with Crippen LogP contribution in [0.5, 0.6) is 0 Å². The average Bonchev–Trinajstić information content (AvgIpc) is 2.91. The molecule has 128 valence electrons. The number of nitrogens with one attached hydrogen (secondary N) is 1. The van der Waals surface area contributed by atoms with E-state index < -0.39 is 6.09 Å². The molecule has 0 radical (unpaired) electrons. The number of rotatable bonds is 1. The highest BCUT2D eigenvalue weighted by Gasteiger charge is 2.24. The van der Waals surface area contributed by atoms with Gasteiger partial charge in [-0.1, -0.05) is 29.8 Å². The smallest absolute Gasteiger partial charge is 0.407 e. The summed E-state index contributed by atoms with van der Waals surface area (Å²) >= 11 is 6.28. The first-order valence-electron chi connectivity index (χ1n) is 8.19. The first-order valence-corrected chi connectivity index (χ1v) is 8.57. The molecule has 25 heavy (non-hydrogen) atoms. The van der Waals surface area contributed by atoms with Crippen LogP contribution in [0.15, 0.2) is 24.4 Å². The van der Waals surface area contributed by atoms with Crippen LogP contribution in [0, 0.1) is 13.8 Å². The average molecular weight is 356 g/mol. The third-order valence-electron chi connectivity index (χ3n) is 5.11. The van der Waals surface area contributed by atoms with Crippen molar-refractivity contribution in [3.05, 3.63) is 51.9 Å². The highest BCUT2D eigenvalue weighted by atomic mass is 35.5. The molecule has 5 nitrogen and oxygen atoms in total. The van der Waals surface area contributed by atoms with Crippen LogP contribution in [0.3, 0.4) is 0 Å².